The second-order valence-electron chi connectivity index (χ2n) is 2.10. The van der Waals surface area contributed by atoms with Gasteiger partial charge in [0.05, 0.1) is 0 Å². The second kappa shape index (κ2) is 2.61. The monoisotopic (exact) mass is 174 g/mol. The molecule has 0 amide bonds. The Hall–Kier alpha value is -0.910. The van der Waals surface area contributed by atoms with Crippen molar-refractivity contribution in [1.82, 2.24) is 14.8 Å². The lowest BCUT2D eigenvalue weighted by Gasteiger charge is -1.97. The van der Waals surface area contributed by atoms with Gasteiger partial charge in [-0.15, -0.1) is 10.2 Å². The van der Waals surface area contributed by atoms with Crippen LogP contribution in [0.1, 0.15) is 6.92 Å². The molecule has 0 fully saturated rings. The van der Waals surface area contributed by atoms with Crippen LogP contribution in [0.2, 0.25) is 0 Å². The highest BCUT2D eigenvalue weighted by atomic mass is 32.2. The molecular weight excluding hydrogens is 166 g/mol. The first kappa shape index (κ1) is 8.19. The maximum absolute atomic E-state index is 10.9. The number of aryl methyl sites for hydroxylation is 1. The Balaban J connectivity index is 3.24. The quantitative estimate of drug-likeness (QED) is 0.606. The summed E-state index contributed by atoms with van der Waals surface area (Å²) >= 11 is 0. The number of hydrogen-bond acceptors (Lipinski definition) is 4. The molecule has 5 nitrogen and oxygen atoms in total. The fourth-order valence-corrected chi connectivity index (χ4v) is 1.46. The molecule has 61 valence electrons. The van der Waals surface area contributed by atoms with E-state index in [0.717, 1.165) is 6.26 Å². The Morgan fingerprint density at radius 2 is 2.27 bits per heavy atom. The molecule has 0 aliphatic carbocycles. The smallest absolute Gasteiger partial charge is 0.249 e. The SMILES string of the molecule is CCn1[c]nnc1S(C)(=O)=O. The predicted molar refractivity (Wildman–Crippen MR) is 37.6 cm³/mol. The van der Waals surface area contributed by atoms with Crippen molar-refractivity contribution in [2.75, 3.05) is 6.26 Å². The van der Waals surface area contributed by atoms with Crippen molar-refractivity contribution in [3.63, 3.8) is 0 Å². The van der Waals surface area contributed by atoms with Gasteiger partial charge in [0.2, 0.25) is 21.3 Å². The Labute approximate surface area is 65.0 Å². The fourth-order valence-electron chi connectivity index (χ4n) is 0.696. The number of aromatic nitrogens is 3. The van der Waals surface area contributed by atoms with E-state index in [9.17, 15) is 8.42 Å². The molecule has 11 heavy (non-hydrogen) atoms. The van der Waals surface area contributed by atoms with Gasteiger partial charge in [-0.2, -0.15) is 0 Å². The molecule has 0 aromatic carbocycles. The van der Waals surface area contributed by atoms with Gasteiger partial charge in [-0.3, -0.25) is 4.57 Å². The van der Waals surface area contributed by atoms with E-state index in [1.165, 1.54) is 4.57 Å². The van der Waals surface area contributed by atoms with Crippen LogP contribution in [0.4, 0.5) is 0 Å². The van der Waals surface area contributed by atoms with Crippen LogP contribution in [0, 0.1) is 6.33 Å². The molecule has 0 saturated heterocycles. The second-order valence-corrected chi connectivity index (χ2v) is 4.01. The summed E-state index contributed by atoms with van der Waals surface area (Å²) in [4.78, 5) is 0. The van der Waals surface area contributed by atoms with E-state index in [2.05, 4.69) is 16.5 Å². The van der Waals surface area contributed by atoms with Gasteiger partial charge in [-0.25, -0.2) is 8.42 Å². The average molecular weight is 174 g/mol. The predicted octanol–water partition coefficient (Wildman–Crippen LogP) is -0.498. The molecule has 0 unspecified atom stereocenters. The van der Waals surface area contributed by atoms with E-state index in [-0.39, 0.29) is 5.16 Å². The average Bonchev–Trinajstić information content (AvgIpc) is 2.31. The molecular formula is C5H8N3O2S. The number of rotatable bonds is 2. The third-order valence-electron chi connectivity index (χ3n) is 1.18. The molecule has 6 heteroatoms. The largest absolute Gasteiger partial charge is 0.296 e. The first-order valence-electron chi connectivity index (χ1n) is 3.06. The van der Waals surface area contributed by atoms with E-state index in [4.69, 9.17) is 0 Å². The van der Waals surface area contributed by atoms with Crippen LogP contribution < -0.4 is 0 Å². The van der Waals surface area contributed by atoms with Gasteiger partial charge in [0.1, 0.15) is 0 Å². The normalized spacial score (nSPS) is 11.8. The summed E-state index contributed by atoms with van der Waals surface area (Å²) in [7, 11) is -3.24. The zero-order valence-electron chi connectivity index (χ0n) is 6.27. The van der Waals surface area contributed by atoms with Gasteiger partial charge in [0.25, 0.3) is 0 Å². The zero-order valence-corrected chi connectivity index (χ0v) is 7.09. The molecule has 1 aromatic rings. The van der Waals surface area contributed by atoms with Crippen LogP contribution in [-0.2, 0) is 16.4 Å². The molecule has 0 atom stereocenters. The lowest BCUT2D eigenvalue weighted by molar-refractivity contribution is 0.573. The van der Waals surface area contributed by atoms with E-state index >= 15 is 0 Å². The summed E-state index contributed by atoms with van der Waals surface area (Å²) in [6, 6.07) is 0. The molecule has 1 rings (SSSR count). The molecule has 0 aliphatic rings. The summed E-state index contributed by atoms with van der Waals surface area (Å²) in [6.07, 6.45) is 3.53. The lowest BCUT2D eigenvalue weighted by Crippen LogP contribution is -2.07. The molecule has 0 N–H and O–H groups in total. The minimum absolute atomic E-state index is 0.0278. The molecule has 1 radical (unpaired) electrons. The van der Waals surface area contributed by atoms with E-state index < -0.39 is 9.84 Å². The summed E-state index contributed by atoms with van der Waals surface area (Å²) in [5, 5.41) is 6.77. The Kier molecular flexibility index (Phi) is 1.95. The van der Waals surface area contributed by atoms with E-state index in [0.29, 0.717) is 6.54 Å². The molecule has 0 saturated carbocycles. The molecule has 0 aliphatic heterocycles. The maximum atomic E-state index is 10.9. The van der Waals surface area contributed by atoms with Gasteiger partial charge in [0, 0.05) is 12.8 Å². The van der Waals surface area contributed by atoms with Crippen molar-refractivity contribution in [3.05, 3.63) is 6.33 Å². The highest BCUT2D eigenvalue weighted by molar-refractivity contribution is 7.90. The van der Waals surface area contributed by atoms with Crippen LogP contribution >= 0.6 is 0 Å². The summed E-state index contributed by atoms with van der Waals surface area (Å²) in [5.74, 6) is 0. The van der Waals surface area contributed by atoms with Gasteiger partial charge in [-0.05, 0) is 6.92 Å². The highest BCUT2D eigenvalue weighted by Gasteiger charge is 2.14. The van der Waals surface area contributed by atoms with Gasteiger partial charge < -0.3 is 0 Å². The van der Waals surface area contributed by atoms with Crippen LogP contribution in [-0.4, -0.2) is 29.4 Å². The fraction of sp³-hybridized carbons (Fsp3) is 0.600. The molecule has 0 spiro atoms. The third-order valence-corrected chi connectivity index (χ3v) is 2.15. The number of hydrogen-bond donors (Lipinski definition) is 0. The Morgan fingerprint density at radius 1 is 1.64 bits per heavy atom. The van der Waals surface area contributed by atoms with Crippen molar-refractivity contribution >= 4 is 9.84 Å². The minimum atomic E-state index is -3.24. The maximum Gasteiger partial charge on any atom is 0.249 e. The van der Waals surface area contributed by atoms with Crippen molar-refractivity contribution in [2.24, 2.45) is 0 Å². The zero-order chi connectivity index (χ0) is 8.48. The Bertz CT molecular complexity index is 340. The van der Waals surface area contributed by atoms with Gasteiger partial charge in [0.15, 0.2) is 0 Å². The topological polar surface area (TPSA) is 64.8 Å². The van der Waals surface area contributed by atoms with E-state index in [1.54, 1.807) is 6.92 Å². The number of nitrogens with zero attached hydrogens (tertiary/aromatic N) is 3. The Morgan fingerprint density at radius 3 is 2.64 bits per heavy atom. The lowest BCUT2D eigenvalue weighted by atomic mass is 10.7. The summed E-state index contributed by atoms with van der Waals surface area (Å²) < 4.78 is 23.2. The van der Waals surface area contributed by atoms with Crippen LogP contribution in [0.15, 0.2) is 5.16 Å². The molecule has 1 heterocycles. The van der Waals surface area contributed by atoms with Gasteiger partial charge in [-0.1, -0.05) is 0 Å². The number of sulfone groups is 1. The molecule has 1 aromatic heterocycles. The van der Waals surface area contributed by atoms with Gasteiger partial charge >= 0.3 is 0 Å². The highest BCUT2D eigenvalue weighted by Crippen LogP contribution is 2.02. The standard InChI is InChI=1S/C5H8N3O2S/c1-3-8-4-6-7-5(8)11(2,9)10/h3H2,1-2H3. The van der Waals surface area contributed by atoms with Crippen molar-refractivity contribution in [2.45, 2.75) is 18.6 Å². The van der Waals surface area contributed by atoms with Crippen molar-refractivity contribution in [1.29, 1.82) is 0 Å². The van der Waals surface area contributed by atoms with E-state index in [1.807, 2.05) is 0 Å². The van der Waals surface area contributed by atoms with Crippen LogP contribution in [0.25, 0.3) is 0 Å². The van der Waals surface area contributed by atoms with Crippen molar-refractivity contribution < 1.29 is 8.42 Å². The first-order chi connectivity index (χ1) is 5.05. The van der Waals surface area contributed by atoms with Crippen LogP contribution in [0.5, 0.6) is 0 Å². The van der Waals surface area contributed by atoms with Crippen molar-refractivity contribution in [3.8, 4) is 0 Å². The first-order valence-corrected chi connectivity index (χ1v) is 4.95. The summed E-state index contributed by atoms with van der Waals surface area (Å²) in [6.45, 7) is 2.31. The molecule has 0 bridgehead atoms. The summed E-state index contributed by atoms with van der Waals surface area (Å²) in [5.41, 5.74) is 0. The third kappa shape index (κ3) is 1.56. The van der Waals surface area contributed by atoms with Crippen LogP contribution in [0.3, 0.4) is 0 Å². The minimum Gasteiger partial charge on any atom is -0.296 e.